The summed E-state index contributed by atoms with van der Waals surface area (Å²) in [4.78, 5) is 45.6. The summed E-state index contributed by atoms with van der Waals surface area (Å²) < 4.78 is 0. The van der Waals surface area contributed by atoms with E-state index in [1.165, 1.54) is 15.3 Å². The van der Waals surface area contributed by atoms with Crippen LogP contribution in [0.15, 0.2) is 71.4 Å². The fourth-order valence-electron chi connectivity index (χ4n) is 4.86. The molecule has 0 N–H and O–H groups in total. The Morgan fingerprint density at radius 1 is 0.912 bits per heavy atom. The topological polar surface area (TPSA) is 57.7 Å². The van der Waals surface area contributed by atoms with Gasteiger partial charge in [-0.25, -0.2) is 4.90 Å². The summed E-state index contributed by atoms with van der Waals surface area (Å²) in [6, 6.07) is 18.2. The molecule has 7 heteroatoms. The van der Waals surface area contributed by atoms with Gasteiger partial charge in [0.15, 0.2) is 0 Å². The highest BCUT2D eigenvalue weighted by Crippen LogP contribution is 2.40. The molecule has 168 valence electrons. The Morgan fingerprint density at radius 2 is 1.74 bits per heavy atom. The average Bonchev–Trinajstić information content (AvgIpc) is 3.60. The van der Waals surface area contributed by atoms with Gasteiger partial charge < -0.3 is 4.90 Å². The van der Waals surface area contributed by atoms with Crippen LogP contribution >= 0.6 is 22.7 Å². The third kappa shape index (κ3) is 3.15. The molecule has 0 saturated heterocycles. The first-order valence-electron chi connectivity index (χ1n) is 11.0. The second kappa shape index (κ2) is 8.04. The van der Waals surface area contributed by atoms with Crippen LogP contribution in [0.4, 0.5) is 5.69 Å². The summed E-state index contributed by atoms with van der Waals surface area (Å²) in [7, 11) is 0. The van der Waals surface area contributed by atoms with E-state index in [0.717, 1.165) is 16.9 Å². The number of hydrogen-bond donors (Lipinski definition) is 0. The third-order valence-corrected chi connectivity index (χ3v) is 8.45. The number of carbonyl (C=O) groups excluding carboxylic acids is 3. The molecule has 34 heavy (non-hydrogen) atoms. The van der Waals surface area contributed by atoms with Crippen molar-refractivity contribution in [2.45, 2.75) is 19.4 Å². The van der Waals surface area contributed by atoms with Crippen LogP contribution in [0.5, 0.6) is 0 Å². The summed E-state index contributed by atoms with van der Waals surface area (Å²) >= 11 is 3.37. The number of thiophene rings is 2. The van der Waals surface area contributed by atoms with Gasteiger partial charge in [-0.3, -0.25) is 14.4 Å². The standard InChI is InChI=1S/C27H20N2O3S2/c1-16-5-2-3-6-21(16)29-26(31)18-9-8-17(15-20(18)27(29)32)25(30)28-12-10-22-19(11-14-34-22)24(28)23-7-4-13-33-23/h2-9,11,13-15,24H,10,12H2,1H3. The Balaban J connectivity index is 1.37. The van der Waals surface area contributed by atoms with Gasteiger partial charge in [-0.2, -0.15) is 0 Å². The molecule has 0 radical (unpaired) electrons. The molecule has 0 spiro atoms. The Hall–Kier alpha value is -3.55. The highest BCUT2D eigenvalue weighted by molar-refractivity contribution is 7.10. The molecule has 0 saturated carbocycles. The Kier molecular flexibility index (Phi) is 4.97. The zero-order valence-corrected chi connectivity index (χ0v) is 20.0. The van der Waals surface area contributed by atoms with Gasteiger partial charge in [0.1, 0.15) is 0 Å². The van der Waals surface area contributed by atoms with E-state index in [2.05, 4.69) is 17.5 Å². The molecule has 2 aromatic carbocycles. The summed E-state index contributed by atoms with van der Waals surface area (Å²) in [6.45, 7) is 2.47. The molecular weight excluding hydrogens is 464 g/mol. The van der Waals surface area contributed by atoms with Crippen molar-refractivity contribution < 1.29 is 14.4 Å². The maximum Gasteiger partial charge on any atom is 0.266 e. The van der Waals surface area contributed by atoms with Crippen molar-refractivity contribution >= 4 is 46.1 Å². The Morgan fingerprint density at radius 3 is 2.53 bits per heavy atom. The zero-order valence-electron chi connectivity index (χ0n) is 18.4. The fourth-order valence-corrected chi connectivity index (χ4v) is 6.62. The van der Waals surface area contributed by atoms with E-state index < -0.39 is 5.91 Å². The predicted octanol–water partition coefficient (Wildman–Crippen LogP) is 5.71. The monoisotopic (exact) mass is 484 g/mol. The normalized spacial score (nSPS) is 17.1. The lowest BCUT2D eigenvalue weighted by Gasteiger charge is -2.35. The summed E-state index contributed by atoms with van der Waals surface area (Å²) in [6.07, 6.45) is 0.810. The number of aryl methyl sites for hydroxylation is 1. The minimum absolute atomic E-state index is 0.132. The van der Waals surface area contributed by atoms with Gasteiger partial charge in [0, 0.05) is 21.9 Å². The highest BCUT2D eigenvalue weighted by Gasteiger charge is 2.39. The largest absolute Gasteiger partial charge is 0.326 e. The van der Waals surface area contributed by atoms with Crippen LogP contribution in [0.1, 0.15) is 58.0 Å². The van der Waals surface area contributed by atoms with Crippen molar-refractivity contribution in [1.29, 1.82) is 0 Å². The van der Waals surface area contributed by atoms with E-state index in [4.69, 9.17) is 0 Å². The molecule has 1 atom stereocenters. The first-order chi connectivity index (χ1) is 16.5. The van der Waals surface area contributed by atoms with Crippen molar-refractivity contribution in [3.8, 4) is 0 Å². The molecule has 2 aromatic heterocycles. The lowest BCUT2D eigenvalue weighted by molar-refractivity contribution is 0.0698. The van der Waals surface area contributed by atoms with E-state index in [1.54, 1.807) is 53.0 Å². The van der Waals surface area contributed by atoms with Crippen molar-refractivity contribution in [3.63, 3.8) is 0 Å². The molecule has 1 unspecified atom stereocenters. The van der Waals surface area contributed by atoms with Crippen molar-refractivity contribution in [2.75, 3.05) is 11.4 Å². The van der Waals surface area contributed by atoms with Gasteiger partial charge in [0.2, 0.25) is 0 Å². The number of para-hydroxylation sites is 1. The fraction of sp³-hybridized carbons (Fsp3) is 0.148. The van der Waals surface area contributed by atoms with Crippen LogP contribution in [-0.4, -0.2) is 29.2 Å². The highest BCUT2D eigenvalue weighted by atomic mass is 32.1. The maximum absolute atomic E-state index is 13.8. The van der Waals surface area contributed by atoms with Gasteiger partial charge in [-0.15, -0.1) is 22.7 Å². The van der Waals surface area contributed by atoms with E-state index >= 15 is 0 Å². The summed E-state index contributed by atoms with van der Waals surface area (Å²) in [5, 5.41) is 4.11. The second-order valence-electron chi connectivity index (χ2n) is 8.46. The molecule has 6 rings (SSSR count). The maximum atomic E-state index is 13.8. The van der Waals surface area contributed by atoms with E-state index in [-0.39, 0.29) is 23.4 Å². The van der Waals surface area contributed by atoms with Crippen LogP contribution < -0.4 is 4.90 Å². The number of rotatable bonds is 3. The lowest BCUT2D eigenvalue weighted by Crippen LogP contribution is -2.39. The number of imide groups is 1. The van der Waals surface area contributed by atoms with E-state index in [1.807, 2.05) is 35.4 Å². The molecule has 5 nitrogen and oxygen atoms in total. The molecule has 0 fully saturated rings. The first-order valence-corrected chi connectivity index (χ1v) is 12.8. The van der Waals surface area contributed by atoms with E-state index in [0.29, 0.717) is 23.4 Å². The smallest absolute Gasteiger partial charge is 0.266 e. The summed E-state index contributed by atoms with van der Waals surface area (Å²) in [5.41, 5.74) is 3.61. The minimum atomic E-state index is -0.391. The molecule has 3 amide bonds. The van der Waals surface area contributed by atoms with Crippen LogP contribution in [0, 0.1) is 6.92 Å². The van der Waals surface area contributed by atoms with Gasteiger partial charge >= 0.3 is 0 Å². The minimum Gasteiger partial charge on any atom is -0.326 e. The molecule has 2 aliphatic rings. The zero-order chi connectivity index (χ0) is 23.4. The van der Waals surface area contributed by atoms with Crippen LogP contribution in [0.3, 0.4) is 0 Å². The molecular formula is C27H20N2O3S2. The first kappa shape index (κ1) is 21.0. The van der Waals surface area contributed by atoms with Gasteiger partial charge in [0.05, 0.1) is 22.9 Å². The molecule has 4 heterocycles. The summed E-state index contributed by atoms with van der Waals surface area (Å²) in [5.74, 6) is -0.879. The SMILES string of the molecule is Cc1ccccc1N1C(=O)c2ccc(C(=O)N3CCc4sccc4C3c3cccs3)cc2C1=O. The Labute approximate surface area is 204 Å². The number of hydrogen-bond acceptors (Lipinski definition) is 5. The number of benzene rings is 2. The number of carbonyl (C=O) groups is 3. The van der Waals surface area contributed by atoms with Crippen molar-refractivity contribution in [1.82, 2.24) is 4.90 Å². The second-order valence-corrected chi connectivity index (χ2v) is 10.4. The number of amides is 3. The average molecular weight is 485 g/mol. The van der Waals surface area contributed by atoms with Crippen LogP contribution in [-0.2, 0) is 6.42 Å². The van der Waals surface area contributed by atoms with Crippen molar-refractivity contribution in [3.05, 3.63) is 109 Å². The van der Waals surface area contributed by atoms with Crippen LogP contribution in [0.2, 0.25) is 0 Å². The predicted molar refractivity (Wildman–Crippen MR) is 134 cm³/mol. The molecule has 4 aromatic rings. The third-order valence-electron chi connectivity index (χ3n) is 6.53. The van der Waals surface area contributed by atoms with Crippen molar-refractivity contribution in [2.24, 2.45) is 0 Å². The molecule has 0 bridgehead atoms. The number of anilines is 1. The van der Waals surface area contributed by atoms with Gasteiger partial charge in [-0.05, 0) is 71.6 Å². The number of nitrogens with zero attached hydrogens (tertiary/aromatic N) is 2. The Bertz CT molecular complexity index is 1450. The van der Waals surface area contributed by atoms with Crippen LogP contribution in [0.25, 0.3) is 0 Å². The van der Waals surface area contributed by atoms with Gasteiger partial charge in [0.25, 0.3) is 17.7 Å². The quantitative estimate of drug-likeness (QED) is 0.350. The molecule has 2 aliphatic heterocycles. The van der Waals surface area contributed by atoms with E-state index in [9.17, 15) is 14.4 Å². The molecule has 0 aliphatic carbocycles. The van der Waals surface area contributed by atoms with Gasteiger partial charge in [-0.1, -0.05) is 24.3 Å². The number of fused-ring (bicyclic) bond motifs is 2. The lowest BCUT2D eigenvalue weighted by atomic mass is 9.96.